The van der Waals surface area contributed by atoms with Gasteiger partial charge in [0, 0.05) is 5.54 Å². The zero-order valence-corrected chi connectivity index (χ0v) is 14.9. The molecule has 0 saturated heterocycles. The van der Waals surface area contributed by atoms with Gasteiger partial charge in [-0.05, 0) is 63.7 Å². The Hall–Kier alpha value is -1.64. The Morgan fingerprint density at radius 2 is 1.38 bits per heavy atom. The van der Waals surface area contributed by atoms with Crippen LogP contribution in [0.2, 0.25) is 0 Å². The summed E-state index contributed by atoms with van der Waals surface area (Å²) >= 11 is 0. The number of aliphatic hydroxyl groups is 1. The Kier molecular flexibility index (Phi) is 5.07. The standard InChI is InChI=1S/C22H29NO/c1-23(2)22(20-11-7-4-8-12-20)17-15-21(24,16-18-22)14-13-19-9-5-3-6-10-19/h3-12,24H,13-18H2,1-2H3. The average Bonchev–Trinajstić information content (AvgIpc) is 2.62. The van der Waals surface area contributed by atoms with E-state index in [1.165, 1.54) is 11.1 Å². The predicted molar refractivity (Wildman–Crippen MR) is 100.0 cm³/mol. The molecule has 128 valence electrons. The highest BCUT2D eigenvalue weighted by Gasteiger charge is 2.43. The quantitative estimate of drug-likeness (QED) is 0.882. The fraction of sp³-hybridized carbons (Fsp3) is 0.455. The topological polar surface area (TPSA) is 23.5 Å². The van der Waals surface area contributed by atoms with Gasteiger partial charge in [-0.1, -0.05) is 60.7 Å². The van der Waals surface area contributed by atoms with E-state index in [2.05, 4.69) is 73.6 Å². The molecule has 2 nitrogen and oxygen atoms in total. The predicted octanol–water partition coefficient (Wildman–Crippen LogP) is 4.38. The molecule has 0 aliphatic heterocycles. The van der Waals surface area contributed by atoms with E-state index in [1.54, 1.807) is 0 Å². The molecule has 3 rings (SSSR count). The molecule has 1 saturated carbocycles. The zero-order chi connectivity index (χ0) is 17.0. The second-order valence-electron chi connectivity index (χ2n) is 7.50. The largest absolute Gasteiger partial charge is 0.390 e. The first-order valence-corrected chi connectivity index (χ1v) is 9.03. The first-order valence-electron chi connectivity index (χ1n) is 9.03. The Bertz CT molecular complexity index is 628. The van der Waals surface area contributed by atoms with Crippen LogP contribution in [-0.2, 0) is 12.0 Å². The van der Waals surface area contributed by atoms with E-state index in [4.69, 9.17) is 0 Å². The maximum absolute atomic E-state index is 11.1. The second kappa shape index (κ2) is 7.08. The lowest BCUT2D eigenvalue weighted by molar-refractivity contribution is -0.0512. The lowest BCUT2D eigenvalue weighted by Gasteiger charge is -2.48. The van der Waals surface area contributed by atoms with Crippen LogP contribution < -0.4 is 0 Å². The summed E-state index contributed by atoms with van der Waals surface area (Å²) in [7, 11) is 4.34. The molecule has 1 aliphatic carbocycles. The van der Waals surface area contributed by atoms with Crippen molar-refractivity contribution in [2.75, 3.05) is 14.1 Å². The summed E-state index contributed by atoms with van der Waals surface area (Å²) < 4.78 is 0. The van der Waals surface area contributed by atoms with Gasteiger partial charge < -0.3 is 5.11 Å². The van der Waals surface area contributed by atoms with Crippen molar-refractivity contribution >= 4 is 0 Å². The van der Waals surface area contributed by atoms with Gasteiger partial charge in [0.05, 0.1) is 5.60 Å². The minimum Gasteiger partial charge on any atom is -0.390 e. The number of nitrogens with zero attached hydrogens (tertiary/aromatic N) is 1. The maximum atomic E-state index is 11.1. The van der Waals surface area contributed by atoms with Crippen LogP contribution in [0.3, 0.4) is 0 Å². The molecule has 2 aromatic carbocycles. The van der Waals surface area contributed by atoms with Crippen LogP contribution in [0.4, 0.5) is 0 Å². The van der Waals surface area contributed by atoms with E-state index >= 15 is 0 Å². The molecule has 0 bridgehead atoms. The van der Waals surface area contributed by atoms with Crippen LogP contribution in [0.25, 0.3) is 0 Å². The molecule has 0 amide bonds. The molecule has 24 heavy (non-hydrogen) atoms. The van der Waals surface area contributed by atoms with E-state index in [9.17, 15) is 5.11 Å². The van der Waals surface area contributed by atoms with Gasteiger partial charge in [0.25, 0.3) is 0 Å². The fourth-order valence-electron chi connectivity index (χ4n) is 4.14. The Balaban J connectivity index is 1.69. The molecule has 0 radical (unpaired) electrons. The van der Waals surface area contributed by atoms with Crippen molar-refractivity contribution in [3.63, 3.8) is 0 Å². The maximum Gasteiger partial charge on any atom is 0.0652 e. The van der Waals surface area contributed by atoms with Gasteiger partial charge in [-0.3, -0.25) is 4.90 Å². The van der Waals surface area contributed by atoms with Gasteiger partial charge in [0.2, 0.25) is 0 Å². The van der Waals surface area contributed by atoms with Crippen LogP contribution in [0.1, 0.15) is 43.2 Å². The second-order valence-corrected chi connectivity index (χ2v) is 7.50. The smallest absolute Gasteiger partial charge is 0.0652 e. The van der Waals surface area contributed by atoms with Crippen molar-refractivity contribution in [3.8, 4) is 0 Å². The molecule has 2 heteroatoms. The van der Waals surface area contributed by atoms with Crippen LogP contribution in [0, 0.1) is 0 Å². The van der Waals surface area contributed by atoms with Crippen molar-refractivity contribution in [2.24, 2.45) is 0 Å². The van der Waals surface area contributed by atoms with Gasteiger partial charge in [-0.2, -0.15) is 0 Å². The summed E-state index contributed by atoms with van der Waals surface area (Å²) in [4.78, 5) is 2.35. The fourth-order valence-corrected chi connectivity index (χ4v) is 4.14. The summed E-state index contributed by atoms with van der Waals surface area (Å²) in [6.07, 6.45) is 5.57. The molecule has 0 spiro atoms. The van der Waals surface area contributed by atoms with E-state index in [-0.39, 0.29) is 5.54 Å². The van der Waals surface area contributed by atoms with Crippen LogP contribution in [-0.4, -0.2) is 29.7 Å². The van der Waals surface area contributed by atoms with E-state index in [0.717, 1.165) is 38.5 Å². The Morgan fingerprint density at radius 3 is 1.92 bits per heavy atom. The molecule has 0 aromatic heterocycles. The molecule has 0 heterocycles. The third-order valence-electron chi connectivity index (χ3n) is 5.90. The van der Waals surface area contributed by atoms with Crippen LogP contribution in [0.5, 0.6) is 0 Å². The van der Waals surface area contributed by atoms with E-state index in [1.807, 2.05) is 6.07 Å². The summed E-state index contributed by atoms with van der Waals surface area (Å²) in [6.45, 7) is 0. The normalized spacial score (nSPS) is 27.3. The number of benzene rings is 2. The summed E-state index contributed by atoms with van der Waals surface area (Å²) in [5.41, 5.74) is 2.23. The summed E-state index contributed by atoms with van der Waals surface area (Å²) in [6, 6.07) is 21.3. The third kappa shape index (κ3) is 3.55. The minimum atomic E-state index is -0.524. The Labute approximate surface area is 146 Å². The van der Waals surface area contributed by atoms with Crippen molar-refractivity contribution in [1.29, 1.82) is 0 Å². The first-order chi connectivity index (χ1) is 11.5. The highest BCUT2D eigenvalue weighted by molar-refractivity contribution is 5.26. The summed E-state index contributed by atoms with van der Waals surface area (Å²) in [5.74, 6) is 0. The molecule has 1 aliphatic rings. The first kappa shape index (κ1) is 17.2. The van der Waals surface area contributed by atoms with E-state index < -0.39 is 5.60 Å². The third-order valence-corrected chi connectivity index (χ3v) is 5.90. The van der Waals surface area contributed by atoms with Gasteiger partial charge in [0.15, 0.2) is 0 Å². The molecular formula is C22H29NO. The van der Waals surface area contributed by atoms with Crippen molar-refractivity contribution in [1.82, 2.24) is 4.90 Å². The highest BCUT2D eigenvalue weighted by atomic mass is 16.3. The number of aryl methyl sites for hydroxylation is 1. The van der Waals surface area contributed by atoms with Gasteiger partial charge >= 0.3 is 0 Å². The van der Waals surface area contributed by atoms with E-state index in [0.29, 0.717) is 0 Å². The van der Waals surface area contributed by atoms with Crippen molar-refractivity contribution < 1.29 is 5.11 Å². The molecule has 1 N–H and O–H groups in total. The van der Waals surface area contributed by atoms with Gasteiger partial charge in [0.1, 0.15) is 0 Å². The summed E-state index contributed by atoms with van der Waals surface area (Å²) in [5, 5.41) is 11.1. The van der Waals surface area contributed by atoms with Crippen LogP contribution >= 0.6 is 0 Å². The van der Waals surface area contributed by atoms with Gasteiger partial charge in [-0.15, -0.1) is 0 Å². The number of rotatable bonds is 5. The zero-order valence-electron chi connectivity index (χ0n) is 14.9. The molecule has 1 fully saturated rings. The molecular weight excluding hydrogens is 294 g/mol. The minimum absolute atomic E-state index is 0.0558. The lowest BCUT2D eigenvalue weighted by Crippen LogP contribution is -2.49. The Morgan fingerprint density at radius 1 is 0.833 bits per heavy atom. The van der Waals surface area contributed by atoms with Crippen molar-refractivity contribution in [2.45, 2.75) is 49.7 Å². The monoisotopic (exact) mass is 323 g/mol. The lowest BCUT2D eigenvalue weighted by atomic mass is 9.68. The van der Waals surface area contributed by atoms with Gasteiger partial charge in [-0.25, -0.2) is 0 Å². The SMILES string of the molecule is CN(C)C1(c2ccccc2)CCC(O)(CCc2ccccc2)CC1. The molecule has 0 atom stereocenters. The molecule has 0 unspecified atom stereocenters. The molecule has 2 aromatic rings. The highest BCUT2D eigenvalue weighted by Crippen LogP contribution is 2.45. The van der Waals surface area contributed by atoms with Crippen molar-refractivity contribution in [3.05, 3.63) is 71.8 Å². The number of hydrogen-bond acceptors (Lipinski definition) is 2. The number of hydrogen-bond donors (Lipinski definition) is 1. The van der Waals surface area contributed by atoms with Crippen LogP contribution in [0.15, 0.2) is 60.7 Å². The average molecular weight is 323 g/mol.